The molecule has 0 unspecified atom stereocenters. The summed E-state index contributed by atoms with van der Waals surface area (Å²) in [5.74, 6) is 1.28. The van der Waals surface area contributed by atoms with E-state index in [0.717, 1.165) is 25.7 Å². The lowest BCUT2D eigenvalue weighted by atomic mass is 9.96. The molecular weight excluding hydrogens is 325 g/mol. The van der Waals surface area contributed by atoms with Crippen molar-refractivity contribution < 1.29 is 9.63 Å². The van der Waals surface area contributed by atoms with Crippen molar-refractivity contribution in [2.45, 2.75) is 44.7 Å². The minimum Gasteiger partial charge on any atom is -0.506 e. The van der Waals surface area contributed by atoms with E-state index in [1.807, 2.05) is 0 Å². The van der Waals surface area contributed by atoms with Gasteiger partial charge in [0.25, 0.3) is 0 Å². The molecule has 118 valence electrons. The second-order valence-corrected chi connectivity index (χ2v) is 6.52. The van der Waals surface area contributed by atoms with Crippen molar-refractivity contribution in [2.75, 3.05) is 0 Å². The molecule has 0 aliphatic heterocycles. The summed E-state index contributed by atoms with van der Waals surface area (Å²) in [6.07, 6.45) is 4.06. The maximum atomic E-state index is 10.1. The third-order valence-electron chi connectivity index (χ3n) is 4.14. The molecular formula is C15H17Cl2N3O2. The Morgan fingerprint density at radius 2 is 2.05 bits per heavy atom. The number of nitrogens with zero attached hydrogens (tertiary/aromatic N) is 2. The maximum absolute atomic E-state index is 10.1. The van der Waals surface area contributed by atoms with Crippen LogP contribution in [0, 0.1) is 6.92 Å². The molecule has 0 spiro atoms. The fourth-order valence-corrected chi connectivity index (χ4v) is 3.51. The van der Waals surface area contributed by atoms with Gasteiger partial charge in [-0.1, -0.05) is 41.2 Å². The normalized spacial score (nSPS) is 17.0. The van der Waals surface area contributed by atoms with Gasteiger partial charge in [0.1, 0.15) is 5.75 Å². The molecule has 22 heavy (non-hydrogen) atoms. The molecule has 1 fully saturated rings. The first-order chi connectivity index (χ1) is 10.5. The summed E-state index contributed by atoms with van der Waals surface area (Å²) in [5.41, 5.74) is 0.336. The zero-order chi connectivity index (χ0) is 15.7. The minimum absolute atomic E-state index is 0.0519. The number of phenolic OH excluding ortho intramolecular Hbond substituents is 1. The number of benzene rings is 1. The van der Waals surface area contributed by atoms with Crippen LogP contribution in [-0.2, 0) is 12.1 Å². The molecule has 0 atom stereocenters. The molecule has 1 saturated carbocycles. The number of halogens is 2. The van der Waals surface area contributed by atoms with Crippen LogP contribution in [0.1, 0.15) is 43.0 Å². The Balaban J connectivity index is 1.84. The zero-order valence-electron chi connectivity index (χ0n) is 12.2. The zero-order valence-corrected chi connectivity index (χ0v) is 13.7. The number of aromatic nitrogens is 2. The first kappa shape index (κ1) is 15.6. The van der Waals surface area contributed by atoms with E-state index in [4.69, 9.17) is 27.7 Å². The third-order valence-corrected chi connectivity index (χ3v) is 4.64. The lowest BCUT2D eigenvalue weighted by Gasteiger charge is -2.27. The number of nitrogens with one attached hydrogen (secondary N) is 1. The van der Waals surface area contributed by atoms with E-state index in [1.165, 1.54) is 6.07 Å². The van der Waals surface area contributed by atoms with E-state index in [-0.39, 0.29) is 16.3 Å². The Bertz CT molecular complexity index is 681. The largest absolute Gasteiger partial charge is 0.506 e. The topological polar surface area (TPSA) is 71.2 Å². The number of hydrogen-bond acceptors (Lipinski definition) is 5. The summed E-state index contributed by atoms with van der Waals surface area (Å²) >= 11 is 12.0. The molecule has 3 rings (SSSR count). The molecule has 7 heteroatoms. The smallest absolute Gasteiger partial charge is 0.223 e. The highest BCUT2D eigenvalue weighted by molar-refractivity contribution is 6.35. The third kappa shape index (κ3) is 2.93. The number of phenols is 1. The van der Waals surface area contributed by atoms with Crippen LogP contribution in [0.3, 0.4) is 0 Å². The van der Waals surface area contributed by atoms with E-state index in [9.17, 15) is 5.11 Å². The average molecular weight is 342 g/mol. The minimum atomic E-state index is -0.320. The van der Waals surface area contributed by atoms with Gasteiger partial charge in [0.2, 0.25) is 5.89 Å². The highest BCUT2D eigenvalue weighted by atomic mass is 35.5. The van der Waals surface area contributed by atoms with Gasteiger partial charge in [0.05, 0.1) is 10.6 Å². The van der Waals surface area contributed by atoms with Crippen molar-refractivity contribution in [1.29, 1.82) is 0 Å². The number of aromatic hydroxyl groups is 1. The molecule has 5 nitrogen and oxygen atoms in total. The molecule has 2 aromatic rings. The summed E-state index contributed by atoms with van der Waals surface area (Å²) in [4.78, 5) is 4.38. The molecule has 1 aliphatic rings. The average Bonchev–Trinajstić information content (AvgIpc) is 3.11. The Morgan fingerprint density at radius 3 is 2.68 bits per heavy atom. The standard InChI is InChI=1S/C15H17Cl2N3O2/c1-9-19-14(20-22-9)15(4-2-3-5-15)18-8-10-6-11(16)7-12(17)13(10)21/h6-7,18,21H,2-5,8H2,1H3. The van der Waals surface area contributed by atoms with Crippen LogP contribution in [0.25, 0.3) is 0 Å². The molecule has 0 bridgehead atoms. The van der Waals surface area contributed by atoms with Gasteiger partial charge in [-0.25, -0.2) is 0 Å². The summed E-state index contributed by atoms with van der Waals surface area (Å²) in [5, 5.41) is 18.4. The van der Waals surface area contributed by atoms with Gasteiger partial charge in [0, 0.05) is 24.1 Å². The van der Waals surface area contributed by atoms with Crippen LogP contribution < -0.4 is 5.32 Å². The van der Waals surface area contributed by atoms with E-state index in [1.54, 1.807) is 13.0 Å². The van der Waals surface area contributed by atoms with Gasteiger partial charge in [-0.3, -0.25) is 0 Å². The van der Waals surface area contributed by atoms with Gasteiger partial charge >= 0.3 is 0 Å². The molecule has 1 aliphatic carbocycles. The van der Waals surface area contributed by atoms with E-state index >= 15 is 0 Å². The van der Waals surface area contributed by atoms with Crippen molar-refractivity contribution in [2.24, 2.45) is 0 Å². The van der Waals surface area contributed by atoms with Crippen LogP contribution in [-0.4, -0.2) is 15.2 Å². The predicted octanol–water partition coefficient (Wildman–Crippen LogP) is 3.95. The molecule has 0 amide bonds. The van der Waals surface area contributed by atoms with Crippen molar-refractivity contribution in [3.63, 3.8) is 0 Å². The van der Waals surface area contributed by atoms with Crippen LogP contribution in [0.5, 0.6) is 5.75 Å². The molecule has 0 saturated heterocycles. The molecule has 1 heterocycles. The monoisotopic (exact) mass is 341 g/mol. The van der Waals surface area contributed by atoms with Crippen LogP contribution in [0.2, 0.25) is 10.0 Å². The molecule has 2 N–H and O–H groups in total. The molecule has 1 aromatic heterocycles. The van der Waals surface area contributed by atoms with Gasteiger partial charge in [0.15, 0.2) is 5.82 Å². The maximum Gasteiger partial charge on any atom is 0.223 e. The SMILES string of the molecule is Cc1nc(C2(NCc3cc(Cl)cc(Cl)c3O)CCCC2)no1. The summed E-state index contributed by atoms with van der Waals surface area (Å²) in [6.45, 7) is 2.21. The quantitative estimate of drug-likeness (QED) is 0.880. The lowest BCUT2D eigenvalue weighted by molar-refractivity contribution is 0.296. The number of hydrogen-bond donors (Lipinski definition) is 2. The fourth-order valence-electron chi connectivity index (χ4n) is 2.97. The Hall–Kier alpha value is -1.30. The Kier molecular flexibility index (Phi) is 4.30. The molecule has 1 aromatic carbocycles. The van der Waals surface area contributed by atoms with Crippen LogP contribution in [0.15, 0.2) is 16.7 Å². The summed E-state index contributed by atoms with van der Waals surface area (Å²) in [6, 6.07) is 3.23. The Labute approximate surface area is 138 Å². The highest BCUT2D eigenvalue weighted by Crippen LogP contribution is 2.38. The lowest BCUT2D eigenvalue weighted by Crippen LogP contribution is -2.40. The second kappa shape index (κ2) is 6.07. The number of aryl methyl sites for hydroxylation is 1. The van der Waals surface area contributed by atoms with Crippen molar-refractivity contribution in [1.82, 2.24) is 15.5 Å². The van der Waals surface area contributed by atoms with E-state index in [0.29, 0.717) is 28.8 Å². The second-order valence-electron chi connectivity index (χ2n) is 5.68. The van der Waals surface area contributed by atoms with Crippen molar-refractivity contribution in [3.8, 4) is 5.75 Å². The van der Waals surface area contributed by atoms with Gasteiger partial charge in [-0.15, -0.1) is 0 Å². The van der Waals surface area contributed by atoms with Crippen molar-refractivity contribution >= 4 is 23.2 Å². The predicted molar refractivity (Wildman–Crippen MR) is 84.1 cm³/mol. The van der Waals surface area contributed by atoms with Gasteiger partial charge in [-0.05, 0) is 25.0 Å². The van der Waals surface area contributed by atoms with Gasteiger partial charge < -0.3 is 14.9 Å². The van der Waals surface area contributed by atoms with Crippen molar-refractivity contribution in [3.05, 3.63) is 39.5 Å². The van der Waals surface area contributed by atoms with Crippen LogP contribution >= 0.6 is 23.2 Å². The Morgan fingerprint density at radius 1 is 1.32 bits per heavy atom. The first-order valence-corrected chi connectivity index (χ1v) is 7.98. The number of rotatable bonds is 4. The summed E-state index contributed by atoms with van der Waals surface area (Å²) < 4.78 is 5.12. The van der Waals surface area contributed by atoms with Crippen LogP contribution in [0.4, 0.5) is 0 Å². The highest BCUT2D eigenvalue weighted by Gasteiger charge is 2.39. The van der Waals surface area contributed by atoms with E-state index in [2.05, 4.69) is 15.5 Å². The first-order valence-electron chi connectivity index (χ1n) is 7.23. The van der Waals surface area contributed by atoms with Gasteiger partial charge in [-0.2, -0.15) is 4.98 Å². The summed E-state index contributed by atoms with van der Waals surface area (Å²) in [7, 11) is 0. The van der Waals surface area contributed by atoms with E-state index < -0.39 is 0 Å². The fraction of sp³-hybridized carbons (Fsp3) is 0.467. The molecule has 0 radical (unpaired) electrons.